The second kappa shape index (κ2) is 6.16. The van der Waals surface area contributed by atoms with E-state index < -0.39 is 15.8 Å². The van der Waals surface area contributed by atoms with Crippen LogP contribution in [-0.2, 0) is 16.6 Å². The van der Waals surface area contributed by atoms with E-state index in [9.17, 15) is 13.2 Å². The summed E-state index contributed by atoms with van der Waals surface area (Å²) in [6.07, 6.45) is 0. The normalized spacial score (nSPS) is 11.8. The summed E-state index contributed by atoms with van der Waals surface area (Å²) in [5, 5.41) is 0.229. The molecule has 1 heterocycles. The van der Waals surface area contributed by atoms with Gasteiger partial charge in [-0.15, -0.1) is 0 Å². The SMILES string of the molecule is CCn1c(=O)oc2cc(S(=O)(=O)Nc3ccccc3Cl)c(Cl)cc21. The number of halogens is 2. The maximum atomic E-state index is 12.6. The molecule has 0 fully saturated rings. The molecule has 0 saturated heterocycles. The van der Waals surface area contributed by atoms with Crippen LogP contribution in [0.4, 0.5) is 5.69 Å². The number of rotatable bonds is 4. The Balaban J connectivity index is 2.13. The minimum atomic E-state index is -4.01. The number of hydrogen-bond donors (Lipinski definition) is 1. The number of benzene rings is 2. The van der Waals surface area contributed by atoms with Gasteiger partial charge in [-0.05, 0) is 25.1 Å². The highest BCUT2D eigenvalue weighted by Gasteiger charge is 2.22. The van der Waals surface area contributed by atoms with Gasteiger partial charge in [-0.25, -0.2) is 13.2 Å². The standard InChI is InChI=1S/C15H12Cl2N2O4S/c1-2-19-12-7-10(17)14(8-13(12)23-15(19)20)24(21,22)18-11-6-4-3-5-9(11)16/h3-8,18H,2H2,1H3. The fraction of sp³-hybridized carbons (Fsp3) is 0.133. The summed E-state index contributed by atoms with van der Waals surface area (Å²) in [4.78, 5) is 11.5. The Labute approximate surface area is 147 Å². The summed E-state index contributed by atoms with van der Waals surface area (Å²) >= 11 is 12.1. The van der Waals surface area contributed by atoms with E-state index in [2.05, 4.69) is 4.72 Å². The molecule has 0 atom stereocenters. The van der Waals surface area contributed by atoms with Gasteiger partial charge in [-0.3, -0.25) is 9.29 Å². The zero-order valence-electron chi connectivity index (χ0n) is 12.4. The minimum Gasteiger partial charge on any atom is -0.408 e. The molecule has 2 aromatic carbocycles. The van der Waals surface area contributed by atoms with Crippen molar-refractivity contribution in [2.45, 2.75) is 18.4 Å². The summed E-state index contributed by atoms with van der Waals surface area (Å²) in [5.41, 5.74) is 0.804. The Kier molecular flexibility index (Phi) is 4.33. The van der Waals surface area contributed by atoms with Gasteiger partial charge < -0.3 is 4.42 Å². The first-order chi connectivity index (χ1) is 11.3. The molecule has 9 heteroatoms. The summed E-state index contributed by atoms with van der Waals surface area (Å²) in [6, 6.07) is 9.04. The third-order valence-corrected chi connectivity index (χ3v) is 5.61. The molecular weight excluding hydrogens is 375 g/mol. The van der Waals surface area contributed by atoms with Crippen molar-refractivity contribution < 1.29 is 12.8 Å². The van der Waals surface area contributed by atoms with E-state index in [1.807, 2.05) is 0 Å². The molecule has 0 bridgehead atoms. The monoisotopic (exact) mass is 386 g/mol. The fourth-order valence-electron chi connectivity index (χ4n) is 2.31. The minimum absolute atomic E-state index is 0.0231. The first-order valence-corrected chi connectivity index (χ1v) is 9.17. The third kappa shape index (κ3) is 2.90. The fourth-order valence-corrected chi connectivity index (χ4v) is 4.17. The Bertz CT molecular complexity index is 1090. The molecule has 1 aromatic heterocycles. The van der Waals surface area contributed by atoms with Crippen LogP contribution in [0.5, 0.6) is 0 Å². The lowest BCUT2D eigenvalue weighted by Crippen LogP contribution is -2.14. The molecule has 0 aliphatic heterocycles. The van der Waals surface area contributed by atoms with Gasteiger partial charge in [-0.2, -0.15) is 0 Å². The smallest absolute Gasteiger partial charge is 0.408 e. The number of nitrogens with one attached hydrogen (secondary N) is 1. The molecule has 1 N–H and O–H groups in total. The Morgan fingerprint density at radius 2 is 1.88 bits per heavy atom. The van der Waals surface area contributed by atoms with Crippen molar-refractivity contribution in [3.63, 3.8) is 0 Å². The van der Waals surface area contributed by atoms with Crippen molar-refractivity contribution in [1.82, 2.24) is 4.57 Å². The lowest BCUT2D eigenvalue weighted by molar-refractivity contribution is 0.512. The summed E-state index contributed by atoms with van der Waals surface area (Å²) in [7, 11) is -4.01. The molecular formula is C15H12Cl2N2O4S. The van der Waals surface area contributed by atoms with E-state index in [0.29, 0.717) is 12.1 Å². The molecule has 0 unspecified atom stereocenters. The summed E-state index contributed by atoms with van der Waals surface area (Å²) in [5.74, 6) is -0.572. The molecule has 0 aliphatic carbocycles. The number of hydrogen-bond acceptors (Lipinski definition) is 4. The van der Waals surface area contributed by atoms with Crippen LogP contribution in [0.2, 0.25) is 10.0 Å². The first-order valence-electron chi connectivity index (χ1n) is 6.93. The molecule has 3 rings (SSSR count). The quantitative estimate of drug-likeness (QED) is 0.740. The Hall–Kier alpha value is -1.96. The largest absolute Gasteiger partial charge is 0.419 e. The second-order valence-corrected chi connectivity index (χ2v) is 7.41. The molecule has 3 aromatic rings. The number of nitrogens with zero attached hydrogens (tertiary/aromatic N) is 1. The van der Waals surface area contributed by atoms with Gasteiger partial charge in [0.2, 0.25) is 0 Å². The van der Waals surface area contributed by atoms with Crippen molar-refractivity contribution in [2.24, 2.45) is 0 Å². The van der Waals surface area contributed by atoms with Crippen LogP contribution in [0.15, 0.2) is 50.5 Å². The number of sulfonamides is 1. The van der Waals surface area contributed by atoms with E-state index in [1.54, 1.807) is 25.1 Å². The van der Waals surface area contributed by atoms with Gasteiger partial charge >= 0.3 is 5.76 Å². The molecule has 0 amide bonds. The topological polar surface area (TPSA) is 81.3 Å². The predicted octanol–water partition coefficient (Wildman–Crippen LogP) is 3.72. The zero-order chi connectivity index (χ0) is 17.5. The Morgan fingerprint density at radius 3 is 2.54 bits per heavy atom. The average molecular weight is 387 g/mol. The van der Waals surface area contributed by atoms with Crippen LogP contribution in [0.1, 0.15) is 6.92 Å². The number of aryl methyl sites for hydroxylation is 1. The van der Waals surface area contributed by atoms with E-state index >= 15 is 0 Å². The van der Waals surface area contributed by atoms with Crippen LogP contribution in [0.3, 0.4) is 0 Å². The number of oxazole rings is 1. The zero-order valence-corrected chi connectivity index (χ0v) is 14.7. The van der Waals surface area contributed by atoms with Gasteiger partial charge in [0.15, 0.2) is 5.58 Å². The summed E-state index contributed by atoms with van der Waals surface area (Å²) < 4.78 is 34.0. The number of para-hydroxylation sites is 1. The number of aromatic nitrogens is 1. The first kappa shape index (κ1) is 16.9. The van der Waals surface area contributed by atoms with E-state index in [0.717, 1.165) is 0 Å². The van der Waals surface area contributed by atoms with E-state index in [1.165, 1.54) is 22.8 Å². The molecule has 24 heavy (non-hydrogen) atoms. The predicted molar refractivity (Wildman–Crippen MR) is 93.4 cm³/mol. The van der Waals surface area contributed by atoms with Crippen molar-refractivity contribution >= 4 is 50.0 Å². The van der Waals surface area contributed by atoms with Gasteiger partial charge in [-0.1, -0.05) is 35.3 Å². The van der Waals surface area contributed by atoms with Gasteiger partial charge in [0, 0.05) is 12.6 Å². The average Bonchev–Trinajstić information content (AvgIpc) is 2.83. The van der Waals surface area contributed by atoms with Gasteiger partial charge in [0.1, 0.15) is 4.90 Å². The van der Waals surface area contributed by atoms with Crippen LogP contribution < -0.4 is 10.5 Å². The van der Waals surface area contributed by atoms with Crippen molar-refractivity contribution in [1.29, 1.82) is 0 Å². The molecule has 0 saturated carbocycles. The van der Waals surface area contributed by atoms with Crippen LogP contribution in [0, 0.1) is 0 Å². The van der Waals surface area contributed by atoms with Crippen molar-refractivity contribution in [3.05, 3.63) is 57.0 Å². The van der Waals surface area contributed by atoms with Gasteiger partial charge in [0.25, 0.3) is 10.0 Å². The van der Waals surface area contributed by atoms with E-state index in [4.69, 9.17) is 27.6 Å². The maximum absolute atomic E-state index is 12.6. The molecule has 126 valence electrons. The Morgan fingerprint density at radius 1 is 1.17 bits per heavy atom. The lowest BCUT2D eigenvalue weighted by atomic mass is 10.3. The lowest BCUT2D eigenvalue weighted by Gasteiger charge is -2.10. The number of fused-ring (bicyclic) bond motifs is 1. The van der Waals surface area contributed by atoms with E-state index in [-0.39, 0.29) is 26.2 Å². The van der Waals surface area contributed by atoms with Crippen molar-refractivity contribution in [2.75, 3.05) is 4.72 Å². The van der Waals surface area contributed by atoms with Crippen molar-refractivity contribution in [3.8, 4) is 0 Å². The highest BCUT2D eigenvalue weighted by Crippen LogP contribution is 2.30. The molecule has 0 spiro atoms. The van der Waals surface area contributed by atoms with Crippen LogP contribution in [0.25, 0.3) is 11.1 Å². The third-order valence-electron chi connectivity index (χ3n) is 3.45. The highest BCUT2D eigenvalue weighted by atomic mass is 35.5. The molecule has 0 radical (unpaired) electrons. The second-order valence-electron chi connectivity index (χ2n) is 4.95. The van der Waals surface area contributed by atoms with Gasteiger partial charge in [0.05, 0.1) is 21.2 Å². The number of anilines is 1. The van der Waals surface area contributed by atoms with Crippen LogP contribution in [-0.4, -0.2) is 13.0 Å². The summed E-state index contributed by atoms with van der Waals surface area (Å²) in [6.45, 7) is 2.15. The molecule has 0 aliphatic rings. The van der Waals surface area contributed by atoms with Crippen LogP contribution >= 0.6 is 23.2 Å². The highest BCUT2D eigenvalue weighted by molar-refractivity contribution is 7.92. The maximum Gasteiger partial charge on any atom is 0.419 e. The molecule has 6 nitrogen and oxygen atoms in total.